The van der Waals surface area contributed by atoms with Gasteiger partial charge in [-0.15, -0.1) is 0 Å². The molecule has 0 saturated heterocycles. The zero-order valence-corrected chi connectivity index (χ0v) is 26.6. The minimum Gasteiger partial charge on any atom is -0.493 e. The third kappa shape index (κ3) is 9.56. The third-order valence-electron chi connectivity index (χ3n) is 7.98. The summed E-state index contributed by atoms with van der Waals surface area (Å²) in [6.45, 7) is 1.08. The summed E-state index contributed by atoms with van der Waals surface area (Å²) in [5, 5.41) is 6.05. The van der Waals surface area contributed by atoms with Crippen LogP contribution in [0.4, 0.5) is 0 Å². The molecule has 0 fully saturated rings. The van der Waals surface area contributed by atoms with Gasteiger partial charge >= 0.3 is 0 Å². The van der Waals surface area contributed by atoms with E-state index in [1.165, 1.54) is 4.90 Å². The van der Waals surface area contributed by atoms with E-state index in [9.17, 15) is 19.2 Å². The highest BCUT2D eigenvalue weighted by molar-refractivity contribution is 6.31. The van der Waals surface area contributed by atoms with Crippen LogP contribution < -0.4 is 15.4 Å². The molecule has 3 aromatic carbocycles. The molecular weight excluding hydrogens is 592 g/mol. The Labute approximate surface area is 269 Å². The van der Waals surface area contributed by atoms with Gasteiger partial charge in [-0.2, -0.15) is 0 Å². The lowest BCUT2D eigenvalue weighted by Gasteiger charge is -2.32. The van der Waals surface area contributed by atoms with Crippen molar-refractivity contribution in [2.45, 2.75) is 57.2 Å². The second-order valence-corrected chi connectivity index (χ2v) is 11.7. The minimum atomic E-state index is -1.23. The van der Waals surface area contributed by atoms with E-state index in [0.29, 0.717) is 35.9 Å². The Morgan fingerprint density at radius 2 is 1.60 bits per heavy atom. The first kappa shape index (κ1) is 33.5. The van der Waals surface area contributed by atoms with Crippen LogP contribution in [0.1, 0.15) is 53.6 Å². The molecule has 3 aromatic rings. The number of nitrogens with zero attached hydrogens (tertiary/aromatic N) is 2. The highest BCUT2D eigenvalue weighted by Crippen LogP contribution is 2.20. The van der Waals surface area contributed by atoms with Crippen molar-refractivity contribution in [3.63, 3.8) is 0 Å². The van der Waals surface area contributed by atoms with E-state index in [-0.39, 0.29) is 24.4 Å². The maximum absolute atomic E-state index is 13.8. The molecular formula is C35H41ClN4O5. The molecule has 9 nitrogen and oxygen atoms in total. The Morgan fingerprint density at radius 3 is 2.38 bits per heavy atom. The van der Waals surface area contributed by atoms with Gasteiger partial charge in [0.15, 0.2) is 0 Å². The van der Waals surface area contributed by atoms with Crippen LogP contribution in [-0.2, 0) is 27.3 Å². The maximum Gasteiger partial charge on any atom is 0.255 e. The lowest BCUT2D eigenvalue weighted by atomic mass is 10.0. The number of benzene rings is 3. The number of amides is 4. The topological polar surface area (TPSA) is 108 Å². The van der Waals surface area contributed by atoms with Crippen molar-refractivity contribution >= 4 is 35.2 Å². The first-order valence-corrected chi connectivity index (χ1v) is 15.7. The fraction of sp³-hybridized carbons (Fsp3) is 0.371. The number of halogens is 1. The van der Waals surface area contributed by atoms with Crippen LogP contribution in [0, 0.1) is 0 Å². The molecule has 0 spiro atoms. The van der Waals surface area contributed by atoms with Crippen LogP contribution in [0.25, 0.3) is 0 Å². The molecule has 1 aliphatic heterocycles. The highest BCUT2D eigenvalue weighted by atomic mass is 35.5. The van der Waals surface area contributed by atoms with E-state index in [1.807, 2.05) is 36.4 Å². The van der Waals surface area contributed by atoms with Crippen LogP contribution in [-0.4, -0.2) is 72.8 Å². The first-order chi connectivity index (χ1) is 21.7. The molecule has 0 aliphatic carbocycles. The highest BCUT2D eigenvalue weighted by Gasteiger charge is 2.33. The summed E-state index contributed by atoms with van der Waals surface area (Å²) in [7, 11) is 3.33. The van der Waals surface area contributed by atoms with Crippen molar-refractivity contribution in [2.24, 2.45) is 0 Å². The Morgan fingerprint density at radius 1 is 0.911 bits per heavy atom. The Hall–Kier alpha value is -4.37. The summed E-state index contributed by atoms with van der Waals surface area (Å²) >= 11 is 6.29. The van der Waals surface area contributed by atoms with Crippen LogP contribution in [0.5, 0.6) is 5.75 Å². The predicted octanol–water partition coefficient (Wildman–Crippen LogP) is 4.63. The molecule has 0 radical (unpaired) electrons. The predicted molar refractivity (Wildman–Crippen MR) is 174 cm³/mol. The number of nitrogens with one attached hydrogen (secondary N) is 2. The van der Waals surface area contributed by atoms with Gasteiger partial charge in [0.1, 0.15) is 17.8 Å². The van der Waals surface area contributed by atoms with E-state index in [4.69, 9.17) is 16.3 Å². The monoisotopic (exact) mass is 632 g/mol. The molecule has 10 heteroatoms. The molecule has 0 unspecified atom stereocenters. The lowest BCUT2D eigenvalue weighted by Crippen LogP contribution is -2.53. The van der Waals surface area contributed by atoms with E-state index in [0.717, 1.165) is 31.2 Å². The van der Waals surface area contributed by atoms with Gasteiger partial charge in [0.25, 0.3) is 5.91 Å². The summed E-state index contributed by atoms with van der Waals surface area (Å²) in [5.41, 5.74) is 1.87. The molecule has 4 rings (SSSR count). The molecule has 45 heavy (non-hydrogen) atoms. The van der Waals surface area contributed by atoms with Crippen molar-refractivity contribution in [3.05, 3.63) is 101 Å². The summed E-state index contributed by atoms with van der Waals surface area (Å²) in [6.07, 6.45) is 3.36. The molecule has 0 aromatic heterocycles. The number of carbonyl (C=O) groups excluding carboxylic acids is 4. The maximum atomic E-state index is 13.8. The van der Waals surface area contributed by atoms with Crippen molar-refractivity contribution in [1.29, 1.82) is 0 Å². The summed E-state index contributed by atoms with van der Waals surface area (Å²) in [5.74, 6) is -1.33. The van der Waals surface area contributed by atoms with Crippen LogP contribution >= 0.6 is 11.6 Å². The zero-order valence-electron chi connectivity index (χ0n) is 25.8. The average molecular weight is 633 g/mol. The van der Waals surface area contributed by atoms with Crippen LogP contribution in [0.2, 0.25) is 5.02 Å². The summed E-state index contributed by atoms with van der Waals surface area (Å²) in [4.78, 5) is 57.8. The first-order valence-electron chi connectivity index (χ1n) is 15.3. The van der Waals surface area contributed by atoms with Gasteiger partial charge in [-0.05, 0) is 42.2 Å². The third-order valence-corrected chi connectivity index (χ3v) is 8.35. The van der Waals surface area contributed by atoms with Gasteiger partial charge in [0.05, 0.1) is 18.6 Å². The SMILES string of the molecule is CN1CCCCCCOc2ccccc2C(=O)N[C@H](C(=O)NCc2ccccc2Cl)CC(=O)N(C)[C@@H](Cc2ccccc2)C1=O. The fourth-order valence-corrected chi connectivity index (χ4v) is 5.45. The quantitative estimate of drug-likeness (QED) is 0.427. The number of fused-ring (bicyclic) bond motifs is 1. The lowest BCUT2D eigenvalue weighted by molar-refractivity contribution is -0.144. The molecule has 238 valence electrons. The normalized spacial score (nSPS) is 19.0. The van der Waals surface area contributed by atoms with E-state index in [2.05, 4.69) is 10.6 Å². The van der Waals surface area contributed by atoms with Crippen molar-refractivity contribution in [1.82, 2.24) is 20.4 Å². The molecule has 0 bridgehead atoms. The van der Waals surface area contributed by atoms with Gasteiger partial charge in [-0.1, -0.05) is 85.1 Å². The van der Waals surface area contributed by atoms with Crippen molar-refractivity contribution in [2.75, 3.05) is 27.2 Å². The van der Waals surface area contributed by atoms with Crippen molar-refractivity contribution in [3.8, 4) is 5.75 Å². The fourth-order valence-electron chi connectivity index (χ4n) is 5.24. The van der Waals surface area contributed by atoms with Crippen LogP contribution in [0.15, 0.2) is 78.9 Å². The molecule has 4 amide bonds. The summed E-state index contributed by atoms with van der Waals surface area (Å²) < 4.78 is 5.95. The number of carbonyl (C=O) groups is 4. The second kappa shape index (κ2) is 16.6. The number of hydrogen-bond donors (Lipinski definition) is 2. The van der Waals surface area contributed by atoms with E-state index in [1.54, 1.807) is 61.5 Å². The second-order valence-electron chi connectivity index (χ2n) is 11.3. The van der Waals surface area contributed by atoms with Gasteiger partial charge in [-0.25, -0.2) is 0 Å². The average Bonchev–Trinajstić information content (AvgIpc) is 3.05. The number of ether oxygens (including phenoxy) is 1. The van der Waals surface area contributed by atoms with E-state index >= 15 is 0 Å². The smallest absolute Gasteiger partial charge is 0.255 e. The largest absolute Gasteiger partial charge is 0.493 e. The van der Waals surface area contributed by atoms with Gasteiger partial charge in [0.2, 0.25) is 17.7 Å². The minimum absolute atomic E-state index is 0.106. The van der Waals surface area contributed by atoms with Crippen LogP contribution in [0.3, 0.4) is 0 Å². The van der Waals surface area contributed by atoms with Gasteiger partial charge in [0, 0.05) is 38.6 Å². The zero-order chi connectivity index (χ0) is 32.2. The molecule has 1 aliphatic rings. The standard InChI is InChI=1S/C35H41ClN4O5/c1-39-20-12-3-4-13-21-45-31-19-11-9-17-27(31)33(42)38-29(34(43)37-24-26-16-8-10-18-28(26)36)23-32(41)40(2)30(35(39)44)22-25-14-6-5-7-15-25/h5-11,14-19,29-30H,3-4,12-13,20-24H2,1-2H3,(H,37,43)(H,38,42)/t29-,30-/m0/s1. The summed E-state index contributed by atoms with van der Waals surface area (Å²) in [6, 6.07) is 21.4. The number of hydrogen-bond acceptors (Lipinski definition) is 5. The van der Waals surface area contributed by atoms with Crippen molar-refractivity contribution < 1.29 is 23.9 Å². The molecule has 0 saturated carbocycles. The number of rotatable bonds is 5. The van der Waals surface area contributed by atoms with E-state index < -0.39 is 29.8 Å². The van der Waals surface area contributed by atoms with Gasteiger partial charge < -0.3 is 25.2 Å². The van der Waals surface area contributed by atoms with Gasteiger partial charge in [-0.3, -0.25) is 19.2 Å². The molecule has 2 atom stereocenters. The number of likely N-dealkylation sites (N-methyl/N-ethyl adjacent to an activating group) is 2. The number of para-hydroxylation sites is 1. The Kier molecular flexibility index (Phi) is 12.4. The Balaban J connectivity index is 1.63. The molecule has 1 heterocycles. The Bertz CT molecular complexity index is 1470. The molecule has 2 N–H and O–H groups in total.